The van der Waals surface area contributed by atoms with E-state index < -0.39 is 0 Å². The van der Waals surface area contributed by atoms with Crippen LogP contribution in [-0.2, 0) is 0 Å². The van der Waals surface area contributed by atoms with Gasteiger partial charge >= 0.3 is 0 Å². The van der Waals surface area contributed by atoms with E-state index in [2.05, 4.69) is 42.7 Å². The zero-order valence-electron chi connectivity index (χ0n) is 10.7. The molecule has 2 rings (SSSR count). The minimum absolute atomic E-state index is 0.348. The Morgan fingerprint density at radius 2 is 2.11 bits per heavy atom. The Morgan fingerprint density at radius 3 is 2.72 bits per heavy atom. The highest BCUT2D eigenvalue weighted by atomic mass is 35.5. The molecule has 2 aromatic rings. The molecule has 96 valence electrons. The number of hydrogen-bond donors (Lipinski definition) is 1. The van der Waals surface area contributed by atoms with Crippen molar-refractivity contribution in [2.24, 2.45) is 0 Å². The van der Waals surface area contributed by atoms with Gasteiger partial charge in [-0.1, -0.05) is 36.7 Å². The van der Waals surface area contributed by atoms with E-state index in [4.69, 9.17) is 11.6 Å². The molecule has 1 nitrogen and oxygen atoms in total. The van der Waals surface area contributed by atoms with Crippen LogP contribution in [0.4, 0.5) is 0 Å². The quantitative estimate of drug-likeness (QED) is 0.793. The van der Waals surface area contributed by atoms with Gasteiger partial charge in [0, 0.05) is 22.0 Å². The summed E-state index contributed by atoms with van der Waals surface area (Å²) >= 11 is 7.85. The summed E-state index contributed by atoms with van der Waals surface area (Å²) in [4.78, 5) is 1.37. The topological polar surface area (TPSA) is 12.0 Å². The summed E-state index contributed by atoms with van der Waals surface area (Å²) in [5, 5.41) is 6.59. The Bertz CT molecular complexity index is 481. The van der Waals surface area contributed by atoms with E-state index in [9.17, 15) is 0 Å². The molecule has 0 radical (unpaired) electrons. The molecular formula is C15H18ClNS. The van der Waals surface area contributed by atoms with Gasteiger partial charge in [0.25, 0.3) is 0 Å². The normalized spacial score (nSPS) is 14.4. The zero-order valence-corrected chi connectivity index (χ0v) is 12.3. The second-order valence-electron chi connectivity index (χ2n) is 4.42. The fraction of sp³-hybridized carbons (Fsp3) is 0.333. The second-order valence-corrected chi connectivity index (χ2v) is 5.84. The molecule has 2 atom stereocenters. The third-order valence-electron chi connectivity index (χ3n) is 3.08. The fourth-order valence-corrected chi connectivity index (χ4v) is 3.04. The van der Waals surface area contributed by atoms with Crippen LogP contribution in [0.5, 0.6) is 0 Å². The van der Waals surface area contributed by atoms with Crippen LogP contribution in [0, 0.1) is 0 Å². The first kappa shape index (κ1) is 13.6. The molecule has 0 amide bonds. The van der Waals surface area contributed by atoms with Crippen LogP contribution in [0.2, 0.25) is 5.02 Å². The largest absolute Gasteiger partial charge is 0.303 e. The van der Waals surface area contributed by atoms with E-state index in [-0.39, 0.29) is 0 Å². The third kappa shape index (κ3) is 3.35. The molecule has 0 saturated carbocycles. The third-order valence-corrected chi connectivity index (χ3v) is 4.37. The molecule has 2 unspecified atom stereocenters. The van der Waals surface area contributed by atoms with Crippen molar-refractivity contribution in [2.45, 2.75) is 32.4 Å². The number of benzene rings is 1. The lowest BCUT2D eigenvalue weighted by molar-refractivity contribution is 0.460. The predicted octanol–water partition coefficient (Wildman–Crippen LogP) is 5.20. The smallest absolute Gasteiger partial charge is 0.0409 e. The summed E-state index contributed by atoms with van der Waals surface area (Å²) in [5.41, 5.74) is 1.26. The van der Waals surface area contributed by atoms with Gasteiger partial charge in [0.05, 0.1) is 0 Å². The molecule has 1 heterocycles. The second kappa shape index (κ2) is 6.37. The summed E-state index contributed by atoms with van der Waals surface area (Å²) in [6, 6.07) is 13.1. The molecule has 0 fully saturated rings. The van der Waals surface area contributed by atoms with Crippen LogP contribution in [0.1, 0.15) is 42.8 Å². The van der Waals surface area contributed by atoms with Crippen molar-refractivity contribution in [3.05, 3.63) is 57.2 Å². The van der Waals surface area contributed by atoms with Crippen LogP contribution < -0.4 is 5.32 Å². The first-order chi connectivity index (χ1) is 8.70. The molecule has 0 aliphatic heterocycles. The molecule has 0 aliphatic rings. The first-order valence-electron chi connectivity index (χ1n) is 6.25. The zero-order chi connectivity index (χ0) is 13.0. The summed E-state index contributed by atoms with van der Waals surface area (Å²) in [6.07, 6.45) is 1.05. The number of rotatable bonds is 5. The maximum Gasteiger partial charge on any atom is 0.0409 e. The summed E-state index contributed by atoms with van der Waals surface area (Å²) in [7, 11) is 0. The molecule has 1 N–H and O–H groups in total. The van der Waals surface area contributed by atoms with Gasteiger partial charge in [0.2, 0.25) is 0 Å². The number of hydrogen-bond acceptors (Lipinski definition) is 2. The van der Waals surface area contributed by atoms with Crippen LogP contribution in [-0.4, -0.2) is 0 Å². The van der Waals surface area contributed by atoms with Crippen LogP contribution in [0.15, 0.2) is 41.8 Å². The van der Waals surface area contributed by atoms with Crippen molar-refractivity contribution in [1.29, 1.82) is 0 Å². The molecule has 1 aromatic carbocycles. The van der Waals surface area contributed by atoms with Gasteiger partial charge in [0.15, 0.2) is 0 Å². The average Bonchev–Trinajstić information content (AvgIpc) is 2.89. The Hall–Kier alpha value is -0.830. The van der Waals surface area contributed by atoms with Crippen molar-refractivity contribution in [3.63, 3.8) is 0 Å². The minimum Gasteiger partial charge on any atom is -0.303 e. The molecule has 0 bridgehead atoms. The summed E-state index contributed by atoms with van der Waals surface area (Å²) < 4.78 is 0. The number of halogens is 1. The molecular weight excluding hydrogens is 262 g/mol. The van der Waals surface area contributed by atoms with E-state index in [1.54, 1.807) is 11.3 Å². The van der Waals surface area contributed by atoms with Crippen molar-refractivity contribution in [3.8, 4) is 0 Å². The van der Waals surface area contributed by atoms with Crippen molar-refractivity contribution >= 4 is 22.9 Å². The van der Waals surface area contributed by atoms with Crippen LogP contribution in [0.3, 0.4) is 0 Å². The van der Waals surface area contributed by atoms with E-state index in [1.807, 2.05) is 18.2 Å². The molecule has 0 saturated heterocycles. The van der Waals surface area contributed by atoms with Crippen molar-refractivity contribution in [2.75, 3.05) is 0 Å². The Morgan fingerprint density at radius 1 is 1.28 bits per heavy atom. The predicted molar refractivity (Wildman–Crippen MR) is 80.4 cm³/mol. The van der Waals surface area contributed by atoms with Crippen molar-refractivity contribution in [1.82, 2.24) is 5.32 Å². The van der Waals surface area contributed by atoms with Crippen LogP contribution in [0.25, 0.3) is 0 Å². The molecule has 0 aliphatic carbocycles. The first-order valence-corrected chi connectivity index (χ1v) is 7.51. The van der Waals surface area contributed by atoms with Gasteiger partial charge in [-0.3, -0.25) is 0 Å². The SMILES string of the molecule is CCC(NC(C)c1cccs1)c1cccc(Cl)c1. The highest BCUT2D eigenvalue weighted by Gasteiger charge is 2.14. The monoisotopic (exact) mass is 279 g/mol. The van der Waals surface area contributed by atoms with E-state index in [1.165, 1.54) is 10.4 Å². The molecule has 3 heteroatoms. The molecule has 1 aromatic heterocycles. The van der Waals surface area contributed by atoms with Gasteiger partial charge in [-0.2, -0.15) is 0 Å². The standard InChI is InChI=1S/C15H18ClNS/c1-3-14(12-6-4-7-13(16)10-12)17-11(2)15-8-5-9-18-15/h4-11,14,17H,3H2,1-2H3. The lowest BCUT2D eigenvalue weighted by Crippen LogP contribution is -2.23. The average molecular weight is 280 g/mol. The van der Waals surface area contributed by atoms with Gasteiger partial charge < -0.3 is 5.32 Å². The summed E-state index contributed by atoms with van der Waals surface area (Å²) in [6.45, 7) is 4.40. The van der Waals surface area contributed by atoms with E-state index >= 15 is 0 Å². The van der Waals surface area contributed by atoms with Crippen molar-refractivity contribution < 1.29 is 0 Å². The molecule has 0 spiro atoms. The Balaban J connectivity index is 2.10. The van der Waals surface area contributed by atoms with Gasteiger partial charge in [-0.05, 0) is 42.5 Å². The maximum atomic E-state index is 6.06. The van der Waals surface area contributed by atoms with Gasteiger partial charge in [-0.25, -0.2) is 0 Å². The van der Waals surface area contributed by atoms with E-state index in [0.717, 1.165) is 11.4 Å². The maximum absolute atomic E-state index is 6.06. The number of thiophene rings is 1. The van der Waals surface area contributed by atoms with Gasteiger partial charge in [-0.15, -0.1) is 11.3 Å². The minimum atomic E-state index is 0.348. The Labute approximate surface area is 118 Å². The van der Waals surface area contributed by atoms with E-state index in [0.29, 0.717) is 12.1 Å². The lowest BCUT2D eigenvalue weighted by Gasteiger charge is -2.22. The number of nitrogens with one attached hydrogen (secondary N) is 1. The lowest BCUT2D eigenvalue weighted by atomic mass is 10.0. The summed E-state index contributed by atoms with van der Waals surface area (Å²) in [5.74, 6) is 0. The molecule has 18 heavy (non-hydrogen) atoms. The fourth-order valence-electron chi connectivity index (χ4n) is 2.09. The highest BCUT2D eigenvalue weighted by Crippen LogP contribution is 2.25. The highest BCUT2D eigenvalue weighted by molar-refractivity contribution is 7.10. The van der Waals surface area contributed by atoms with Gasteiger partial charge in [0.1, 0.15) is 0 Å². The Kier molecular flexibility index (Phi) is 4.81. The van der Waals surface area contributed by atoms with Crippen LogP contribution >= 0.6 is 22.9 Å².